The molecule has 0 saturated carbocycles. The van der Waals surface area contributed by atoms with Gasteiger partial charge in [-0.15, -0.1) is 0 Å². The summed E-state index contributed by atoms with van der Waals surface area (Å²) in [5, 5.41) is 3.49. The van der Waals surface area contributed by atoms with Crippen LogP contribution in [-0.2, 0) is 34.4 Å². The summed E-state index contributed by atoms with van der Waals surface area (Å²) in [7, 11) is -3.66. The number of rotatable bonds is 14. The molecule has 1 heterocycles. The van der Waals surface area contributed by atoms with Gasteiger partial charge in [-0.2, -0.15) is 4.31 Å². The Morgan fingerprint density at radius 2 is 1.32 bits per heavy atom. The van der Waals surface area contributed by atoms with Gasteiger partial charge in [0.25, 0.3) is 0 Å². The Hall–Kier alpha value is -2.55. The molecule has 0 radical (unpaired) electrons. The lowest BCUT2D eigenvalue weighted by Crippen LogP contribution is -2.36. The monoisotopic (exact) mass is 521 g/mol. The molecule has 3 aromatic carbocycles. The first kappa shape index (κ1) is 27.5. The van der Waals surface area contributed by atoms with Crippen LogP contribution in [0.2, 0.25) is 0 Å². The van der Waals surface area contributed by atoms with Gasteiger partial charge >= 0.3 is 0 Å². The van der Waals surface area contributed by atoms with Crippen LogP contribution >= 0.6 is 0 Å². The first-order valence-electron chi connectivity index (χ1n) is 13.3. The summed E-state index contributed by atoms with van der Waals surface area (Å²) in [6, 6.07) is 26.8. The van der Waals surface area contributed by atoms with Crippen molar-refractivity contribution in [3.8, 4) is 0 Å². The van der Waals surface area contributed by atoms with Crippen molar-refractivity contribution >= 4 is 10.0 Å². The summed E-state index contributed by atoms with van der Waals surface area (Å²) in [4.78, 5) is 2.80. The van der Waals surface area contributed by atoms with Gasteiger partial charge in [0.2, 0.25) is 10.0 Å². The number of benzene rings is 3. The number of sulfonamides is 1. The first-order chi connectivity index (χ1) is 18.1. The molecule has 0 unspecified atom stereocenters. The predicted octanol–water partition coefficient (Wildman–Crippen LogP) is 4.67. The second-order valence-corrected chi connectivity index (χ2v) is 11.5. The van der Waals surface area contributed by atoms with Crippen molar-refractivity contribution < 1.29 is 13.2 Å². The minimum absolute atomic E-state index is 0.325. The van der Waals surface area contributed by atoms with Gasteiger partial charge in [-0.05, 0) is 54.8 Å². The topological polar surface area (TPSA) is 61.9 Å². The van der Waals surface area contributed by atoms with E-state index in [2.05, 4.69) is 10.2 Å². The molecule has 1 saturated heterocycles. The van der Waals surface area contributed by atoms with E-state index in [4.69, 9.17) is 4.74 Å². The van der Waals surface area contributed by atoms with Crippen LogP contribution < -0.4 is 5.32 Å². The van der Waals surface area contributed by atoms with Gasteiger partial charge in [0.15, 0.2) is 0 Å². The Morgan fingerprint density at radius 1 is 0.730 bits per heavy atom. The Balaban J connectivity index is 1.28. The highest BCUT2D eigenvalue weighted by Crippen LogP contribution is 2.22. The minimum Gasteiger partial charge on any atom is -0.379 e. The number of unbranched alkanes of at least 4 members (excludes halogenated alkanes) is 2. The van der Waals surface area contributed by atoms with E-state index in [1.54, 1.807) is 16.4 Å². The number of ether oxygens (including phenoxy) is 1. The summed E-state index contributed by atoms with van der Waals surface area (Å²) < 4.78 is 34.2. The van der Waals surface area contributed by atoms with Crippen LogP contribution in [0.4, 0.5) is 0 Å². The van der Waals surface area contributed by atoms with Crippen LogP contribution in [-0.4, -0.2) is 57.0 Å². The SMILES string of the molecule is O=S(=O)(c1ccc(CNCCCCCN2CCOCC2)cc1)N(Cc1ccccc1)Cc1ccccc1. The first-order valence-corrected chi connectivity index (χ1v) is 14.7. The third kappa shape index (κ3) is 8.76. The lowest BCUT2D eigenvalue weighted by atomic mass is 10.2. The van der Waals surface area contributed by atoms with Gasteiger partial charge in [-0.1, -0.05) is 79.2 Å². The molecule has 0 spiro atoms. The van der Waals surface area contributed by atoms with Gasteiger partial charge in [0.05, 0.1) is 18.1 Å². The highest BCUT2D eigenvalue weighted by atomic mass is 32.2. The summed E-state index contributed by atoms with van der Waals surface area (Å²) in [6.45, 7) is 7.34. The minimum atomic E-state index is -3.66. The number of nitrogens with zero attached hydrogens (tertiary/aromatic N) is 2. The molecule has 4 rings (SSSR count). The third-order valence-corrected chi connectivity index (χ3v) is 8.53. The van der Waals surface area contributed by atoms with Crippen molar-refractivity contribution in [3.63, 3.8) is 0 Å². The third-order valence-electron chi connectivity index (χ3n) is 6.73. The molecule has 37 heavy (non-hydrogen) atoms. The maximum atomic E-state index is 13.6. The standard InChI is InChI=1S/C30H39N3O3S/c34-37(35,33(25-28-10-4-1-5-11-28)26-29-12-6-2-7-13-29)30-16-14-27(15-17-30)24-31-18-8-3-9-19-32-20-22-36-23-21-32/h1-2,4-7,10-17,31H,3,8-9,18-26H2. The van der Waals surface area contributed by atoms with Crippen molar-refractivity contribution in [2.24, 2.45) is 0 Å². The molecule has 3 aromatic rings. The molecule has 0 bridgehead atoms. The highest BCUT2D eigenvalue weighted by Gasteiger charge is 2.25. The van der Waals surface area contributed by atoms with E-state index in [1.807, 2.05) is 72.8 Å². The summed E-state index contributed by atoms with van der Waals surface area (Å²) in [5.74, 6) is 0. The summed E-state index contributed by atoms with van der Waals surface area (Å²) >= 11 is 0. The quantitative estimate of drug-likeness (QED) is 0.313. The molecule has 7 heteroatoms. The fourth-order valence-corrected chi connectivity index (χ4v) is 5.96. The lowest BCUT2D eigenvalue weighted by Gasteiger charge is -2.26. The van der Waals surface area contributed by atoms with Crippen molar-refractivity contribution in [3.05, 3.63) is 102 Å². The fraction of sp³-hybridized carbons (Fsp3) is 0.400. The normalized spacial score (nSPS) is 14.7. The van der Waals surface area contributed by atoms with E-state index in [1.165, 1.54) is 12.8 Å². The Bertz CT molecular complexity index is 1110. The van der Waals surface area contributed by atoms with Gasteiger partial charge in [0.1, 0.15) is 0 Å². The maximum absolute atomic E-state index is 13.6. The van der Waals surface area contributed by atoms with Crippen molar-refractivity contribution in [1.29, 1.82) is 0 Å². The Labute approximate surface area is 222 Å². The molecule has 6 nitrogen and oxygen atoms in total. The molecular formula is C30H39N3O3S. The van der Waals surface area contributed by atoms with Crippen molar-refractivity contribution in [2.75, 3.05) is 39.4 Å². The zero-order valence-corrected chi connectivity index (χ0v) is 22.4. The fourth-order valence-electron chi connectivity index (χ4n) is 4.55. The second-order valence-electron chi connectivity index (χ2n) is 9.58. The number of nitrogens with one attached hydrogen (secondary N) is 1. The molecule has 198 valence electrons. The predicted molar refractivity (Wildman–Crippen MR) is 149 cm³/mol. The lowest BCUT2D eigenvalue weighted by molar-refractivity contribution is 0.0371. The Kier molecular flexibility index (Phi) is 10.7. The van der Waals surface area contributed by atoms with Crippen LogP contribution in [0.15, 0.2) is 89.8 Å². The molecule has 1 aliphatic heterocycles. The largest absolute Gasteiger partial charge is 0.379 e. The second kappa shape index (κ2) is 14.4. The van der Waals surface area contributed by atoms with Crippen LogP contribution in [0.3, 0.4) is 0 Å². The van der Waals surface area contributed by atoms with Crippen molar-refractivity contribution in [2.45, 2.75) is 43.8 Å². The number of morpholine rings is 1. The molecule has 0 aliphatic carbocycles. The molecule has 1 aliphatic rings. The number of hydrogen-bond acceptors (Lipinski definition) is 5. The van der Waals surface area contributed by atoms with Crippen LogP contribution in [0, 0.1) is 0 Å². The molecular weight excluding hydrogens is 482 g/mol. The Morgan fingerprint density at radius 3 is 1.92 bits per heavy atom. The van der Waals surface area contributed by atoms with E-state index in [9.17, 15) is 8.42 Å². The molecule has 0 aromatic heterocycles. The van der Waals surface area contributed by atoms with Crippen LogP contribution in [0.5, 0.6) is 0 Å². The van der Waals surface area contributed by atoms with Crippen LogP contribution in [0.25, 0.3) is 0 Å². The van der Waals surface area contributed by atoms with E-state index < -0.39 is 10.0 Å². The van der Waals surface area contributed by atoms with E-state index in [0.29, 0.717) is 18.0 Å². The zero-order valence-electron chi connectivity index (χ0n) is 21.6. The summed E-state index contributed by atoms with van der Waals surface area (Å²) in [5.41, 5.74) is 3.02. The van der Waals surface area contributed by atoms with Gasteiger partial charge < -0.3 is 10.1 Å². The van der Waals surface area contributed by atoms with E-state index >= 15 is 0 Å². The van der Waals surface area contributed by atoms with Crippen LogP contribution in [0.1, 0.15) is 36.0 Å². The van der Waals surface area contributed by atoms with E-state index in [0.717, 1.165) is 69.0 Å². The zero-order chi connectivity index (χ0) is 25.8. The molecule has 0 amide bonds. The molecule has 0 atom stereocenters. The molecule has 1 N–H and O–H groups in total. The average Bonchev–Trinajstić information content (AvgIpc) is 2.94. The maximum Gasteiger partial charge on any atom is 0.243 e. The van der Waals surface area contributed by atoms with Gasteiger partial charge in [0, 0.05) is 32.7 Å². The van der Waals surface area contributed by atoms with Crippen molar-refractivity contribution in [1.82, 2.24) is 14.5 Å². The van der Waals surface area contributed by atoms with Gasteiger partial charge in [-0.25, -0.2) is 8.42 Å². The highest BCUT2D eigenvalue weighted by molar-refractivity contribution is 7.89. The number of hydrogen-bond donors (Lipinski definition) is 1. The van der Waals surface area contributed by atoms with E-state index in [-0.39, 0.29) is 0 Å². The van der Waals surface area contributed by atoms with Gasteiger partial charge in [-0.3, -0.25) is 4.90 Å². The average molecular weight is 522 g/mol. The molecule has 1 fully saturated rings. The summed E-state index contributed by atoms with van der Waals surface area (Å²) in [6.07, 6.45) is 3.57. The smallest absolute Gasteiger partial charge is 0.243 e.